The molecule has 1 heterocycles. The number of aliphatic imine (C=N–C) groups is 1. The number of amides is 3. The average molecular weight is 575 g/mol. The van der Waals surface area contributed by atoms with Crippen LogP contribution in [0, 0.1) is 5.92 Å². The number of hydrogen-bond acceptors (Lipinski definition) is 7. The second-order valence-corrected chi connectivity index (χ2v) is 9.91. The molecule has 4 unspecified atom stereocenters. The lowest BCUT2D eigenvalue weighted by Gasteiger charge is -2.26. The molecule has 0 saturated heterocycles. The molecular formula is C26H38N8O7. The normalized spacial score (nSPS) is 14.0. The number of carbonyl (C=O) groups is 5. The van der Waals surface area contributed by atoms with Crippen LogP contribution in [0.3, 0.4) is 0 Å². The molecule has 2 aromatic rings. The zero-order valence-electron chi connectivity index (χ0n) is 22.9. The second kappa shape index (κ2) is 15.2. The van der Waals surface area contributed by atoms with E-state index in [4.69, 9.17) is 17.2 Å². The van der Waals surface area contributed by atoms with E-state index in [1.54, 1.807) is 20.0 Å². The first kappa shape index (κ1) is 32.6. The number of H-pyrrole nitrogens is 1. The third-order valence-corrected chi connectivity index (χ3v) is 6.27. The fourth-order valence-electron chi connectivity index (χ4n) is 4.10. The maximum atomic E-state index is 13.1. The van der Waals surface area contributed by atoms with Gasteiger partial charge in [-0.15, -0.1) is 0 Å². The van der Waals surface area contributed by atoms with Gasteiger partial charge in [0, 0.05) is 23.6 Å². The number of benzene rings is 1. The van der Waals surface area contributed by atoms with Gasteiger partial charge in [-0.3, -0.25) is 24.2 Å². The number of nitrogens with one attached hydrogen (secondary N) is 4. The highest BCUT2D eigenvalue weighted by molar-refractivity contribution is 5.96. The molecule has 224 valence electrons. The molecule has 0 saturated carbocycles. The zero-order valence-corrected chi connectivity index (χ0v) is 22.9. The van der Waals surface area contributed by atoms with Crippen molar-refractivity contribution in [3.8, 4) is 0 Å². The summed E-state index contributed by atoms with van der Waals surface area (Å²) in [5, 5.41) is 26.8. The van der Waals surface area contributed by atoms with E-state index >= 15 is 0 Å². The Labute approximate surface area is 236 Å². The number of aromatic nitrogens is 1. The SMILES string of the molecule is CC(C)C(NC(=O)C(N)Cc1c[nH]c2ccccc12)C(=O)NC(CC(=O)O)C(=O)NC(CCCN=C(N)N)C(=O)O. The lowest BCUT2D eigenvalue weighted by Crippen LogP contribution is -2.58. The predicted molar refractivity (Wildman–Crippen MR) is 150 cm³/mol. The molecule has 0 aliphatic carbocycles. The van der Waals surface area contributed by atoms with E-state index < -0.39 is 66.2 Å². The van der Waals surface area contributed by atoms with Gasteiger partial charge in [-0.1, -0.05) is 32.0 Å². The van der Waals surface area contributed by atoms with Crippen LogP contribution < -0.4 is 33.2 Å². The van der Waals surface area contributed by atoms with Gasteiger partial charge in [0.05, 0.1) is 12.5 Å². The Hall–Kier alpha value is -4.66. The van der Waals surface area contributed by atoms with Crippen molar-refractivity contribution in [3.63, 3.8) is 0 Å². The molecule has 0 bridgehead atoms. The maximum Gasteiger partial charge on any atom is 0.326 e. The standard InChI is InChI=1S/C26H38N8O7/c1-13(2)21(34-22(37)16(27)10-14-12-31-17-7-4-3-6-15(14)17)24(39)33-19(11-20(35)36)23(38)32-18(25(40)41)8-5-9-30-26(28)29/h3-4,6-7,12-13,16,18-19,21,31H,5,8-11,27H2,1-2H3,(H,32,38)(H,33,39)(H,34,37)(H,35,36)(H,40,41)(H4,28,29,30). The summed E-state index contributed by atoms with van der Waals surface area (Å²) in [7, 11) is 0. The summed E-state index contributed by atoms with van der Waals surface area (Å²) >= 11 is 0. The Morgan fingerprint density at radius 1 is 0.951 bits per heavy atom. The minimum Gasteiger partial charge on any atom is -0.481 e. The molecule has 1 aromatic carbocycles. The smallest absolute Gasteiger partial charge is 0.326 e. The monoisotopic (exact) mass is 574 g/mol. The number of hydrogen-bond donors (Lipinski definition) is 9. The number of nitrogens with zero attached hydrogens (tertiary/aromatic N) is 1. The lowest BCUT2D eigenvalue weighted by atomic mass is 10.0. The van der Waals surface area contributed by atoms with Crippen LogP contribution in [-0.2, 0) is 30.4 Å². The number of rotatable bonds is 16. The van der Waals surface area contributed by atoms with Gasteiger partial charge in [0.2, 0.25) is 17.7 Å². The third kappa shape index (κ3) is 10.1. The van der Waals surface area contributed by atoms with Crippen molar-refractivity contribution in [1.29, 1.82) is 0 Å². The van der Waals surface area contributed by atoms with Crippen molar-refractivity contribution < 1.29 is 34.2 Å². The van der Waals surface area contributed by atoms with Crippen LogP contribution in [0.4, 0.5) is 0 Å². The highest BCUT2D eigenvalue weighted by Crippen LogP contribution is 2.19. The van der Waals surface area contributed by atoms with Gasteiger partial charge in [0.25, 0.3) is 0 Å². The highest BCUT2D eigenvalue weighted by Gasteiger charge is 2.32. The van der Waals surface area contributed by atoms with E-state index in [1.807, 2.05) is 24.3 Å². The number of nitrogens with two attached hydrogens (primary N) is 3. The number of aliphatic carboxylic acids is 2. The average Bonchev–Trinajstić information content (AvgIpc) is 3.30. The van der Waals surface area contributed by atoms with E-state index in [0.29, 0.717) is 0 Å². The van der Waals surface area contributed by atoms with Gasteiger partial charge in [-0.05, 0) is 36.8 Å². The van der Waals surface area contributed by atoms with E-state index in [9.17, 15) is 34.2 Å². The summed E-state index contributed by atoms with van der Waals surface area (Å²) in [6, 6.07) is 2.36. The van der Waals surface area contributed by atoms with Crippen molar-refractivity contribution in [3.05, 3.63) is 36.0 Å². The number of aromatic amines is 1. The van der Waals surface area contributed by atoms with Crippen molar-refractivity contribution >= 4 is 46.5 Å². The summed E-state index contributed by atoms with van der Waals surface area (Å²) in [5.41, 5.74) is 18.3. The van der Waals surface area contributed by atoms with Gasteiger partial charge in [0.1, 0.15) is 18.1 Å². The molecule has 15 heteroatoms. The highest BCUT2D eigenvalue weighted by atomic mass is 16.4. The van der Waals surface area contributed by atoms with Crippen LogP contribution in [-0.4, -0.2) is 81.5 Å². The molecule has 4 atom stereocenters. The Morgan fingerprint density at radius 3 is 2.22 bits per heavy atom. The summed E-state index contributed by atoms with van der Waals surface area (Å²) in [5.74, 6) is -5.86. The van der Waals surface area contributed by atoms with Gasteiger partial charge in [0.15, 0.2) is 5.96 Å². The summed E-state index contributed by atoms with van der Waals surface area (Å²) in [4.78, 5) is 68.8. The van der Waals surface area contributed by atoms with Gasteiger partial charge >= 0.3 is 11.9 Å². The number of fused-ring (bicyclic) bond motifs is 1. The molecule has 0 fully saturated rings. The minimum atomic E-state index is -1.61. The number of guanidine groups is 1. The molecule has 3 amide bonds. The van der Waals surface area contributed by atoms with E-state index in [2.05, 4.69) is 25.9 Å². The number of para-hydroxylation sites is 1. The molecule has 41 heavy (non-hydrogen) atoms. The molecule has 0 aliphatic heterocycles. The van der Waals surface area contributed by atoms with Gasteiger partial charge in [-0.25, -0.2) is 4.79 Å². The van der Waals surface area contributed by atoms with Gasteiger partial charge in [-0.2, -0.15) is 0 Å². The second-order valence-electron chi connectivity index (χ2n) is 9.91. The molecule has 0 aliphatic rings. The van der Waals surface area contributed by atoms with Crippen LogP contribution in [0.2, 0.25) is 0 Å². The van der Waals surface area contributed by atoms with E-state index in [0.717, 1.165) is 16.5 Å². The first-order valence-electron chi connectivity index (χ1n) is 13.0. The quantitative estimate of drug-likeness (QED) is 0.0653. The largest absolute Gasteiger partial charge is 0.481 e. The van der Waals surface area contributed by atoms with Crippen molar-refractivity contribution in [2.45, 2.75) is 63.7 Å². The lowest BCUT2D eigenvalue weighted by molar-refractivity contribution is -0.144. The first-order valence-corrected chi connectivity index (χ1v) is 13.0. The molecular weight excluding hydrogens is 536 g/mol. The van der Waals surface area contributed by atoms with Crippen LogP contribution in [0.15, 0.2) is 35.5 Å². The summed E-state index contributed by atoms with van der Waals surface area (Å²) < 4.78 is 0. The van der Waals surface area contributed by atoms with Crippen LogP contribution >= 0.6 is 0 Å². The fourth-order valence-corrected chi connectivity index (χ4v) is 4.10. The zero-order chi connectivity index (χ0) is 30.7. The Morgan fingerprint density at radius 2 is 1.61 bits per heavy atom. The first-order chi connectivity index (χ1) is 19.3. The molecule has 2 rings (SSSR count). The van der Waals surface area contributed by atoms with Crippen LogP contribution in [0.1, 0.15) is 38.7 Å². The summed E-state index contributed by atoms with van der Waals surface area (Å²) in [6.45, 7) is 3.42. The molecule has 0 spiro atoms. The van der Waals surface area contributed by atoms with Gasteiger partial charge < -0.3 is 48.3 Å². The Balaban J connectivity index is 2.08. The topological polar surface area (TPSA) is 268 Å². The molecule has 12 N–H and O–H groups in total. The van der Waals surface area contributed by atoms with Crippen molar-refractivity contribution in [2.75, 3.05) is 6.54 Å². The molecule has 15 nitrogen and oxygen atoms in total. The fraction of sp³-hybridized carbons (Fsp3) is 0.462. The predicted octanol–water partition coefficient (Wildman–Crippen LogP) is -1.24. The van der Waals surface area contributed by atoms with Crippen molar-refractivity contribution in [2.24, 2.45) is 28.1 Å². The number of carboxylic acid groups (broad SMARTS) is 2. The summed E-state index contributed by atoms with van der Waals surface area (Å²) in [6.07, 6.45) is 1.28. The molecule has 1 aromatic heterocycles. The minimum absolute atomic E-state index is 0.0510. The van der Waals surface area contributed by atoms with Crippen molar-refractivity contribution in [1.82, 2.24) is 20.9 Å². The number of carboxylic acids is 2. The van der Waals surface area contributed by atoms with E-state index in [-0.39, 0.29) is 31.8 Å². The van der Waals surface area contributed by atoms with E-state index in [1.165, 1.54) is 0 Å². The molecule has 0 radical (unpaired) electrons. The Kier molecular flexibility index (Phi) is 12.1. The van der Waals surface area contributed by atoms with Crippen LogP contribution in [0.5, 0.6) is 0 Å². The number of carbonyl (C=O) groups excluding carboxylic acids is 3. The third-order valence-electron chi connectivity index (χ3n) is 6.27. The van der Waals surface area contributed by atoms with Crippen LogP contribution in [0.25, 0.3) is 10.9 Å². The Bertz CT molecular complexity index is 1270. The maximum absolute atomic E-state index is 13.1.